The Bertz CT molecular complexity index is 758. The first-order chi connectivity index (χ1) is 12.2. The molecular formula is C19H16ClF3O3. The lowest BCUT2D eigenvalue weighted by Gasteiger charge is -2.26. The number of ketones is 1. The number of carbonyl (C=O) groups excluding carboxylic acids is 2. The minimum atomic E-state index is -4.98. The van der Waals surface area contributed by atoms with E-state index in [2.05, 4.69) is 0 Å². The highest BCUT2D eigenvalue weighted by Crippen LogP contribution is 2.39. The van der Waals surface area contributed by atoms with Crippen molar-refractivity contribution in [1.82, 2.24) is 0 Å². The van der Waals surface area contributed by atoms with Crippen LogP contribution in [0.2, 0.25) is 5.02 Å². The van der Waals surface area contributed by atoms with E-state index >= 15 is 0 Å². The summed E-state index contributed by atoms with van der Waals surface area (Å²) in [5.41, 5.74) is 0.862. The summed E-state index contributed by atoms with van der Waals surface area (Å²) in [6.45, 7) is 0. The first-order valence-corrected chi connectivity index (χ1v) is 8.10. The van der Waals surface area contributed by atoms with Gasteiger partial charge in [0.05, 0.1) is 13.0 Å². The van der Waals surface area contributed by atoms with Gasteiger partial charge in [0.25, 0.3) is 0 Å². The zero-order valence-corrected chi connectivity index (χ0v) is 14.6. The highest BCUT2D eigenvalue weighted by Gasteiger charge is 2.42. The van der Waals surface area contributed by atoms with E-state index in [-0.39, 0.29) is 0 Å². The van der Waals surface area contributed by atoms with Crippen LogP contribution in [0, 0.1) is 0 Å². The molecule has 0 fully saturated rings. The molecule has 2 rings (SSSR count). The molecule has 2 aromatic carbocycles. The van der Waals surface area contributed by atoms with Crippen molar-refractivity contribution in [2.75, 3.05) is 7.11 Å². The van der Waals surface area contributed by atoms with Crippen molar-refractivity contribution >= 4 is 23.4 Å². The molecule has 0 amide bonds. The second kappa shape index (κ2) is 8.36. The largest absolute Gasteiger partial charge is 0.469 e. The number of carbonyl (C=O) groups is 2. The Morgan fingerprint density at radius 2 is 1.58 bits per heavy atom. The van der Waals surface area contributed by atoms with Crippen molar-refractivity contribution in [2.24, 2.45) is 0 Å². The molecule has 0 aliphatic heterocycles. The average Bonchev–Trinajstić information content (AvgIpc) is 2.62. The summed E-state index contributed by atoms with van der Waals surface area (Å²) in [5, 5.41) is 0.417. The standard InChI is InChI=1S/C19H16ClF3O3/c1-26-18(25)17(13-7-9-14(20)10-8-13)15(11-16(24)19(21,22)23)12-5-3-2-4-6-12/h2-10,15,17H,11H2,1H3/t15-,17-/m0/s1. The molecule has 0 saturated carbocycles. The summed E-state index contributed by atoms with van der Waals surface area (Å²) >= 11 is 5.85. The van der Waals surface area contributed by atoms with Crippen LogP contribution in [0.5, 0.6) is 0 Å². The van der Waals surface area contributed by atoms with Gasteiger partial charge in [0, 0.05) is 17.4 Å². The molecule has 3 nitrogen and oxygen atoms in total. The van der Waals surface area contributed by atoms with E-state index in [1.165, 1.54) is 24.3 Å². The molecule has 0 radical (unpaired) electrons. The molecule has 26 heavy (non-hydrogen) atoms. The summed E-state index contributed by atoms with van der Waals surface area (Å²) in [6, 6.07) is 14.3. The monoisotopic (exact) mass is 384 g/mol. The van der Waals surface area contributed by atoms with Gasteiger partial charge in [0.1, 0.15) is 0 Å². The lowest BCUT2D eigenvalue weighted by Crippen LogP contribution is -2.29. The summed E-state index contributed by atoms with van der Waals surface area (Å²) < 4.78 is 43.3. The molecule has 0 N–H and O–H groups in total. The highest BCUT2D eigenvalue weighted by molar-refractivity contribution is 6.30. The fourth-order valence-electron chi connectivity index (χ4n) is 2.77. The number of rotatable bonds is 6. The molecule has 0 aliphatic rings. The maximum absolute atomic E-state index is 12.8. The predicted octanol–water partition coefficient (Wildman–Crippen LogP) is 4.90. The molecular weight excluding hydrogens is 369 g/mol. The lowest BCUT2D eigenvalue weighted by atomic mass is 9.78. The van der Waals surface area contributed by atoms with E-state index in [0.717, 1.165) is 7.11 Å². The Hall–Kier alpha value is -2.34. The van der Waals surface area contributed by atoms with Crippen LogP contribution in [-0.2, 0) is 14.3 Å². The van der Waals surface area contributed by atoms with Gasteiger partial charge in [-0.05, 0) is 23.3 Å². The third-order valence-electron chi connectivity index (χ3n) is 4.04. The van der Waals surface area contributed by atoms with Gasteiger partial charge in [0.15, 0.2) is 0 Å². The fourth-order valence-corrected chi connectivity index (χ4v) is 2.90. The normalized spacial score (nSPS) is 13.7. The first-order valence-electron chi connectivity index (χ1n) is 7.72. The van der Waals surface area contributed by atoms with E-state index in [1.54, 1.807) is 30.3 Å². The third kappa shape index (κ3) is 4.85. The molecule has 138 valence electrons. The molecule has 0 unspecified atom stereocenters. The van der Waals surface area contributed by atoms with Crippen LogP contribution in [0.25, 0.3) is 0 Å². The molecule has 0 saturated heterocycles. The molecule has 2 aromatic rings. The topological polar surface area (TPSA) is 43.4 Å². The molecule has 0 spiro atoms. The van der Waals surface area contributed by atoms with E-state index < -0.39 is 36.2 Å². The molecule has 0 heterocycles. The molecule has 0 aliphatic carbocycles. The summed E-state index contributed by atoms with van der Waals surface area (Å²) in [5.74, 6) is -4.73. The Labute approximate surface area is 153 Å². The van der Waals surface area contributed by atoms with E-state index in [1.807, 2.05) is 0 Å². The number of ether oxygens (including phenoxy) is 1. The molecule has 7 heteroatoms. The maximum Gasteiger partial charge on any atom is 0.449 e. The van der Waals surface area contributed by atoms with Gasteiger partial charge in [-0.1, -0.05) is 54.1 Å². The van der Waals surface area contributed by atoms with Crippen LogP contribution in [0.1, 0.15) is 29.4 Å². The molecule has 0 bridgehead atoms. The third-order valence-corrected chi connectivity index (χ3v) is 4.29. The first kappa shape index (κ1) is 20.0. The van der Waals surface area contributed by atoms with E-state index in [0.29, 0.717) is 16.1 Å². The zero-order valence-electron chi connectivity index (χ0n) is 13.8. The van der Waals surface area contributed by atoms with Gasteiger partial charge in [-0.3, -0.25) is 9.59 Å². The van der Waals surface area contributed by atoms with Gasteiger partial charge < -0.3 is 4.74 Å². The van der Waals surface area contributed by atoms with Gasteiger partial charge in [0.2, 0.25) is 5.78 Å². The molecule has 2 atom stereocenters. The zero-order chi connectivity index (χ0) is 19.3. The second-order valence-corrected chi connectivity index (χ2v) is 6.13. The number of hydrogen-bond acceptors (Lipinski definition) is 3. The summed E-state index contributed by atoms with van der Waals surface area (Å²) in [4.78, 5) is 24.0. The van der Waals surface area contributed by atoms with Crippen molar-refractivity contribution < 1.29 is 27.5 Å². The quantitative estimate of drug-likeness (QED) is 0.665. The maximum atomic E-state index is 12.8. The van der Waals surface area contributed by atoms with Gasteiger partial charge in [-0.25, -0.2) is 0 Å². The molecule has 0 aromatic heterocycles. The summed E-state index contributed by atoms with van der Waals surface area (Å²) in [6.07, 6.45) is -5.84. The van der Waals surface area contributed by atoms with Gasteiger partial charge in [-0.2, -0.15) is 13.2 Å². The smallest absolute Gasteiger partial charge is 0.449 e. The van der Waals surface area contributed by atoms with Crippen molar-refractivity contribution in [3.05, 3.63) is 70.7 Å². The number of Topliss-reactive ketones (excluding diaryl/α,β-unsaturated/α-hetero) is 1. The Morgan fingerprint density at radius 3 is 2.08 bits per heavy atom. The van der Waals surface area contributed by atoms with Crippen molar-refractivity contribution in [3.63, 3.8) is 0 Å². The number of benzene rings is 2. The fraction of sp³-hybridized carbons (Fsp3) is 0.263. The van der Waals surface area contributed by atoms with Gasteiger partial charge >= 0.3 is 12.1 Å². The SMILES string of the molecule is COC(=O)[C@@H](c1ccc(Cl)cc1)[C@@H](CC(=O)C(F)(F)F)c1ccccc1. The number of hydrogen-bond donors (Lipinski definition) is 0. The average molecular weight is 385 g/mol. The number of alkyl halides is 3. The van der Waals surface area contributed by atoms with Crippen molar-refractivity contribution in [3.8, 4) is 0 Å². The highest BCUT2D eigenvalue weighted by atomic mass is 35.5. The Morgan fingerprint density at radius 1 is 1.00 bits per heavy atom. The predicted molar refractivity (Wildman–Crippen MR) is 91.1 cm³/mol. The van der Waals surface area contributed by atoms with Crippen LogP contribution in [0.15, 0.2) is 54.6 Å². The summed E-state index contributed by atoms with van der Waals surface area (Å²) in [7, 11) is 1.15. The van der Waals surface area contributed by atoms with Gasteiger partial charge in [-0.15, -0.1) is 0 Å². The number of halogens is 4. The van der Waals surface area contributed by atoms with Crippen LogP contribution >= 0.6 is 11.6 Å². The lowest BCUT2D eigenvalue weighted by molar-refractivity contribution is -0.171. The number of methoxy groups -OCH3 is 1. The Kier molecular flexibility index (Phi) is 6.42. The minimum absolute atomic E-state index is 0.417. The van der Waals surface area contributed by atoms with E-state index in [9.17, 15) is 22.8 Å². The van der Waals surface area contributed by atoms with Crippen molar-refractivity contribution in [2.45, 2.75) is 24.4 Å². The minimum Gasteiger partial charge on any atom is -0.469 e. The van der Waals surface area contributed by atoms with Crippen LogP contribution in [-0.4, -0.2) is 25.0 Å². The van der Waals surface area contributed by atoms with Crippen molar-refractivity contribution in [1.29, 1.82) is 0 Å². The van der Waals surface area contributed by atoms with Crippen LogP contribution in [0.4, 0.5) is 13.2 Å². The van der Waals surface area contributed by atoms with Crippen LogP contribution in [0.3, 0.4) is 0 Å². The second-order valence-electron chi connectivity index (χ2n) is 5.69. The number of esters is 1. The van der Waals surface area contributed by atoms with Crippen LogP contribution < -0.4 is 0 Å². The Balaban J connectivity index is 2.52. The van der Waals surface area contributed by atoms with E-state index in [4.69, 9.17) is 16.3 Å².